The van der Waals surface area contributed by atoms with Crippen LogP contribution in [0.2, 0.25) is 5.02 Å². The van der Waals surface area contributed by atoms with Gasteiger partial charge in [-0.3, -0.25) is 48.9 Å². The van der Waals surface area contributed by atoms with E-state index in [9.17, 15) is 29.4 Å². The third-order valence-electron chi connectivity index (χ3n) is 22.8. The first-order valence-electron chi connectivity index (χ1n) is 42.8. The molecule has 16 aromatic rings. The van der Waals surface area contributed by atoms with Crippen molar-refractivity contribution in [3.05, 3.63) is 245 Å². The molecular weight excluding hydrogens is 2060 g/mol. The summed E-state index contributed by atoms with van der Waals surface area (Å²) in [5, 5.41) is 37.8. The van der Waals surface area contributed by atoms with Crippen LogP contribution in [0.1, 0.15) is 101 Å². The number of benzene rings is 8. The maximum atomic E-state index is 12.4. The average molecular weight is 2190 g/mol. The number of halogens is 7. The van der Waals surface area contributed by atoms with Crippen LogP contribution in [0.25, 0.3) is 87.2 Å². The largest absolute Gasteiger partial charge is 0.508 e. The number of aromatic nitrogens is 8. The SMILES string of the molecule is BrB(Br)Br.C.C.C.C.C.CNC(=O)c1c(C)n(C)c2cc(O)ccc12.CNC(=O)c1c(C)n(C)c2cc(Oc3ccnc4cc(O)ccc34)ccc12.CNC(=O)c1c(C)n(C)c2cc(Oc3ccnc4cc(OC)ccc34)ccc12.CNC(=O)c1c(C)n(C)c2cc(Oc3ccnc4cc(OCCN5CCOCC5)ccc34)ccc12.COc1ccc2c(Cl)ccnc2c1.ClCCN1CCOCC1.ClCCl. The van der Waals surface area contributed by atoms with E-state index in [1.807, 2.05) is 195 Å². The van der Waals surface area contributed by atoms with Gasteiger partial charge in [0.1, 0.15) is 69.9 Å². The van der Waals surface area contributed by atoms with Gasteiger partial charge in [0.25, 0.3) is 23.6 Å². The number of carbonyl (C=O) groups is 4. The molecule has 8 aromatic carbocycles. The average Bonchev–Trinajstić information content (AvgIpc) is 1.62. The van der Waals surface area contributed by atoms with Crippen molar-refractivity contribution in [1.82, 2.24) is 69.3 Å². The van der Waals surface area contributed by atoms with Gasteiger partial charge in [-0.15, -0.1) is 82.1 Å². The number of nitrogens with zero attached hydrogens (tertiary/aromatic N) is 10. The zero-order valence-corrected chi connectivity index (χ0v) is 84.9. The molecule has 10 heterocycles. The van der Waals surface area contributed by atoms with Gasteiger partial charge in [0.2, 0.25) is 0 Å². The van der Waals surface area contributed by atoms with E-state index in [1.54, 1.807) is 116 Å². The quantitative estimate of drug-likeness (QED) is 0.0343. The fourth-order valence-corrected chi connectivity index (χ4v) is 15.9. The van der Waals surface area contributed by atoms with Crippen molar-refractivity contribution in [3.63, 3.8) is 0 Å². The van der Waals surface area contributed by atoms with Crippen LogP contribution in [0.5, 0.6) is 63.2 Å². The number of morpholine rings is 2. The van der Waals surface area contributed by atoms with Crippen LogP contribution in [0.3, 0.4) is 0 Å². The second-order valence-electron chi connectivity index (χ2n) is 30.6. The number of phenols is 2. The molecule has 748 valence electrons. The number of aromatic hydroxyl groups is 2. The van der Waals surface area contributed by atoms with Crippen LogP contribution < -0.4 is 49.7 Å². The lowest BCUT2D eigenvalue weighted by atomic mass is 10.1. The van der Waals surface area contributed by atoms with Crippen LogP contribution in [0.15, 0.2) is 195 Å². The number of fused-ring (bicyclic) bond motifs is 8. The summed E-state index contributed by atoms with van der Waals surface area (Å²) in [6.45, 7) is 17.5. The summed E-state index contributed by atoms with van der Waals surface area (Å²) in [6.07, 6.45) is 6.78. The molecule has 2 aliphatic heterocycles. The van der Waals surface area contributed by atoms with Gasteiger partial charge in [-0.1, -0.05) is 48.7 Å². The summed E-state index contributed by atoms with van der Waals surface area (Å²) >= 11 is 30.4. The zero-order valence-electron chi connectivity index (χ0n) is 77.2. The molecule has 36 heteroatoms. The van der Waals surface area contributed by atoms with Crippen molar-refractivity contribution in [3.8, 4) is 63.2 Å². The number of hydrogen-bond acceptors (Lipinski definition) is 20. The molecule has 4 amide bonds. The number of nitrogens with one attached hydrogen (secondary N) is 4. The smallest absolute Gasteiger partial charge is 0.369 e. The minimum Gasteiger partial charge on any atom is -0.508 e. The molecule has 6 N–H and O–H groups in total. The van der Waals surface area contributed by atoms with Crippen LogP contribution in [-0.2, 0) is 37.7 Å². The number of ether oxygens (including phenoxy) is 8. The van der Waals surface area contributed by atoms with E-state index in [0.717, 1.165) is 193 Å². The minimum absolute atomic E-state index is 0. The van der Waals surface area contributed by atoms with Crippen molar-refractivity contribution in [1.29, 1.82) is 0 Å². The number of carbonyl (C=O) groups excluding carboxylic acids is 4. The fourth-order valence-electron chi connectivity index (χ4n) is 15.5. The molecule has 0 bridgehead atoms. The summed E-state index contributed by atoms with van der Waals surface area (Å²) < 4.78 is 53.6. The Hall–Kier alpha value is -11.7. The van der Waals surface area contributed by atoms with E-state index in [4.69, 9.17) is 84.3 Å². The van der Waals surface area contributed by atoms with Crippen molar-refractivity contribution >= 4 is 208 Å². The highest BCUT2D eigenvalue weighted by Crippen LogP contribution is 2.40. The molecule has 0 radical (unpaired) electrons. The summed E-state index contributed by atoms with van der Waals surface area (Å²) in [6, 6.07) is 51.7. The molecule has 8 aromatic heterocycles. The normalized spacial score (nSPS) is 11.9. The monoisotopic (exact) mass is 2180 g/mol. The van der Waals surface area contributed by atoms with Crippen LogP contribution >= 0.6 is 93.7 Å². The van der Waals surface area contributed by atoms with Crippen LogP contribution in [0, 0.1) is 27.7 Å². The molecule has 140 heavy (non-hydrogen) atoms. The number of hydrogen-bond donors (Lipinski definition) is 6. The van der Waals surface area contributed by atoms with Gasteiger partial charge in [0, 0.05) is 241 Å². The Morgan fingerprint density at radius 1 is 0.386 bits per heavy atom. The van der Waals surface area contributed by atoms with Gasteiger partial charge in [0.05, 0.1) is 117 Å². The molecule has 2 aliphatic rings. The van der Waals surface area contributed by atoms with E-state index in [0.29, 0.717) is 73.9 Å². The molecule has 0 atom stereocenters. The Morgan fingerprint density at radius 3 is 1.00 bits per heavy atom. The molecule has 0 unspecified atom stereocenters. The molecule has 18 rings (SSSR count). The Kier molecular flexibility index (Phi) is 46.9. The third kappa shape index (κ3) is 29.1. The number of amides is 4. The maximum Gasteiger partial charge on any atom is 0.369 e. The Bertz CT molecular complexity index is 6870. The van der Waals surface area contributed by atoms with E-state index in [1.165, 1.54) is 0 Å². The molecule has 0 aliphatic carbocycles. The first-order chi connectivity index (χ1) is 65.0. The van der Waals surface area contributed by atoms with E-state index in [-0.39, 0.29) is 80.8 Å². The zero-order chi connectivity index (χ0) is 97.3. The van der Waals surface area contributed by atoms with Gasteiger partial charge >= 0.3 is 3.18 Å². The van der Waals surface area contributed by atoms with Gasteiger partial charge in [-0.2, -0.15) is 0 Å². The Labute approximate surface area is 864 Å². The predicted octanol–water partition coefficient (Wildman–Crippen LogP) is 23.7. The topological polar surface area (TPSA) is 308 Å². The number of rotatable bonds is 18. The van der Waals surface area contributed by atoms with E-state index < -0.39 is 0 Å². The summed E-state index contributed by atoms with van der Waals surface area (Å²) in [4.78, 5) is 70.6. The van der Waals surface area contributed by atoms with Gasteiger partial charge in [-0.25, -0.2) is 0 Å². The first-order valence-corrected chi connectivity index (χ1v) is 47.5. The lowest BCUT2D eigenvalue weighted by molar-refractivity contribution is 0.0322. The molecular formula is C104H126BBr3Cl4N14O14. The maximum absolute atomic E-state index is 12.4. The summed E-state index contributed by atoms with van der Waals surface area (Å²) in [5.74, 6) is 7.17. The Balaban J connectivity index is 0.000000262. The summed E-state index contributed by atoms with van der Waals surface area (Å²) in [7, 11) is 17.5. The highest BCUT2D eigenvalue weighted by Gasteiger charge is 2.24. The number of alkyl halides is 3. The Morgan fingerprint density at radius 2 is 0.657 bits per heavy atom. The molecule has 2 saturated heterocycles. The highest BCUT2D eigenvalue weighted by atomic mass is 79.9. The second kappa shape index (κ2) is 56.1. The van der Waals surface area contributed by atoms with E-state index >= 15 is 0 Å². The predicted molar refractivity (Wildman–Crippen MR) is 586 cm³/mol. The van der Waals surface area contributed by atoms with Gasteiger partial charge < -0.3 is 87.6 Å². The van der Waals surface area contributed by atoms with E-state index in [2.05, 4.69) is 98.3 Å². The fraction of sp³-hybridized carbons (Fsp3) is 0.308. The molecule has 2 fully saturated rings. The molecule has 0 spiro atoms. The van der Waals surface area contributed by atoms with Crippen molar-refractivity contribution < 1.29 is 67.3 Å². The van der Waals surface area contributed by atoms with Gasteiger partial charge in [0.15, 0.2) is 0 Å². The van der Waals surface area contributed by atoms with Crippen molar-refractivity contribution in [2.45, 2.75) is 64.8 Å². The van der Waals surface area contributed by atoms with Crippen molar-refractivity contribution in [2.24, 2.45) is 28.2 Å². The van der Waals surface area contributed by atoms with Crippen LogP contribution in [-0.4, -0.2) is 211 Å². The number of pyridine rings is 4. The lowest BCUT2D eigenvalue weighted by Crippen LogP contribution is -2.38. The second-order valence-corrected chi connectivity index (χ2v) is 38.6. The minimum atomic E-state index is -0.105. The van der Waals surface area contributed by atoms with Gasteiger partial charge in [-0.05, 0) is 149 Å². The first kappa shape index (κ1) is 117. The van der Waals surface area contributed by atoms with Crippen molar-refractivity contribution in [2.75, 3.05) is 126 Å². The molecule has 0 saturated carbocycles. The summed E-state index contributed by atoms with van der Waals surface area (Å²) in [5.41, 5.74) is 13.1. The highest BCUT2D eigenvalue weighted by molar-refractivity contribution is 9.69. The molecule has 28 nitrogen and oxygen atoms in total. The number of phenolic OH excluding ortho intramolecular Hbond substituents is 2. The van der Waals surface area contributed by atoms with Crippen LogP contribution in [0.4, 0.5) is 0 Å². The lowest BCUT2D eigenvalue weighted by Gasteiger charge is -2.26. The third-order valence-corrected chi connectivity index (χ3v) is 23.3. The standard InChI is InChI=1S/C27H30N4O4.C22H21N3O3.C21H19N3O3.C12H14N2O2.C10H8ClNO.C6H12ClNO.CH2Cl2.5CH4.BBr3/c1-18-26(27(32)28-2)22-7-5-20(17-24(22)30(18)3)35-25-8-9-29-23-16-19(4-6-21(23)25)34-15-12-31-10-13-33-14-11-31;1-13-21(22(26)23-2)17-8-6-15(12-19(17)25(13)3)28-20-9-10-24-18-11-14(27-4)5-7-16(18)20;1-12-20(21(26)22-2)16-7-5-14(11-18(16)24(12)3)27-19-8-9-23-17-10-13(25)4-6-15(17)19;1-7-11(12(16)13-2)9-5-4-8(15)6-10(9)14(7)3;1-13-7-2-3-8-9(11)4-5-12-10(8)6-7;7-1-2-8-3-5-9-6-4-8;2-1-3;;;;;;2-1(3)4/h4-9,16-17H,10-15H2,1-3H3,(H,28,32);5-12H,1-4H3,(H,23,26);4-11,25H,1-3H3,(H,22,26);4-6,15H,1-3H3,(H,13,16);2-6H,1H3;1-6H2;1H2;5*1H4;. The number of methoxy groups -OCH3 is 2. The number of aryl methyl sites for hydroxylation is 4.